The van der Waals surface area contributed by atoms with Crippen molar-refractivity contribution in [2.45, 2.75) is 12.5 Å². The van der Waals surface area contributed by atoms with Crippen molar-refractivity contribution in [3.8, 4) is 0 Å². The van der Waals surface area contributed by atoms with E-state index in [2.05, 4.69) is 0 Å². The van der Waals surface area contributed by atoms with Crippen LogP contribution in [0.5, 0.6) is 0 Å². The van der Waals surface area contributed by atoms with Crippen LogP contribution in [0.2, 0.25) is 0 Å². The molecule has 1 heterocycles. The van der Waals surface area contributed by atoms with Crippen LogP contribution in [0.25, 0.3) is 0 Å². The highest BCUT2D eigenvalue weighted by Crippen LogP contribution is 2.13. The number of cyclic esters (lactones) is 1. The van der Waals surface area contributed by atoms with E-state index in [1.54, 1.807) is 4.90 Å². The predicted octanol–water partition coefficient (Wildman–Crippen LogP) is 1.04. The van der Waals surface area contributed by atoms with E-state index in [4.69, 9.17) is 4.74 Å². The highest BCUT2D eigenvalue weighted by atomic mass is 16.6. The molecule has 0 aliphatic carbocycles. The van der Waals surface area contributed by atoms with Crippen LogP contribution in [-0.4, -0.2) is 41.9 Å². The molecule has 4 nitrogen and oxygen atoms in total. The van der Waals surface area contributed by atoms with Gasteiger partial charge in [0.2, 0.25) is 0 Å². The molecule has 1 aromatic carbocycles. The minimum absolute atomic E-state index is 0.0377. The lowest BCUT2D eigenvalue weighted by Gasteiger charge is -2.23. The van der Waals surface area contributed by atoms with Gasteiger partial charge in [0.1, 0.15) is 6.61 Å². The molecule has 1 aliphatic heterocycles. The number of hydrogen-bond acceptors (Lipinski definition) is 3. The van der Waals surface area contributed by atoms with Crippen molar-refractivity contribution in [3.63, 3.8) is 0 Å². The molecule has 16 heavy (non-hydrogen) atoms. The van der Waals surface area contributed by atoms with Crippen molar-refractivity contribution in [3.05, 3.63) is 35.9 Å². The van der Waals surface area contributed by atoms with E-state index in [9.17, 15) is 9.90 Å². The molecule has 1 N–H and O–H groups in total. The summed E-state index contributed by atoms with van der Waals surface area (Å²) in [7, 11) is 0. The monoisotopic (exact) mass is 221 g/mol. The lowest BCUT2D eigenvalue weighted by Crippen LogP contribution is -2.40. The maximum atomic E-state index is 11.4. The summed E-state index contributed by atoms with van der Waals surface area (Å²) in [6.45, 7) is 0.949. The first kappa shape index (κ1) is 11.0. The van der Waals surface area contributed by atoms with Crippen molar-refractivity contribution >= 4 is 6.09 Å². The molecule has 1 amide bonds. The molecule has 1 aromatic rings. The Morgan fingerprint density at radius 1 is 1.38 bits per heavy atom. The van der Waals surface area contributed by atoms with Gasteiger partial charge in [0.15, 0.2) is 0 Å². The molecular formula is C12H15NO3. The number of amides is 1. The summed E-state index contributed by atoms with van der Waals surface area (Å²) in [5.41, 5.74) is 1.11. The molecule has 1 aliphatic rings. The van der Waals surface area contributed by atoms with Gasteiger partial charge in [-0.15, -0.1) is 0 Å². The second-order valence-electron chi connectivity index (χ2n) is 3.83. The maximum absolute atomic E-state index is 11.4. The van der Waals surface area contributed by atoms with Crippen molar-refractivity contribution in [1.29, 1.82) is 0 Å². The van der Waals surface area contributed by atoms with E-state index >= 15 is 0 Å². The minimum Gasteiger partial charge on any atom is -0.448 e. The Balaban J connectivity index is 2.03. The highest BCUT2D eigenvalue weighted by Gasteiger charge is 2.29. The third-order valence-electron chi connectivity index (χ3n) is 2.76. The van der Waals surface area contributed by atoms with Crippen molar-refractivity contribution < 1.29 is 14.6 Å². The normalized spacial score (nSPS) is 17.3. The Morgan fingerprint density at radius 2 is 2.12 bits per heavy atom. The summed E-state index contributed by atoms with van der Waals surface area (Å²) in [5, 5.41) is 9.32. The van der Waals surface area contributed by atoms with E-state index in [-0.39, 0.29) is 18.7 Å². The first-order valence-corrected chi connectivity index (χ1v) is 5.39. The van der Waals surface area contributed by atoms with Gasteiger partial charge < -0.3 is 9.84 Å². The lowest BCUT2D eigenvalue weighted by molar-refractivity contribution is 0.126. The van der Waals surface area contributed by atoms with E-state index in [1.807, 2.05) is 30.3 Å². The topological polar surface area (TPSA) is 49.8 Å². The first-order valence-electron chi connectivity index (χ1n) is 5.39. The van der Waals surface area contributed by atoms with Crippen LogP contribution in [0, 0.1) is 0 Å². The summed E-state index contributed by atoms with van der Waals surface area (Å²) in [6.07, 6.45) is 0.335. The Bertz CT molecular complexity index is 353. The Hall–Kier alpha value is -1.55. The van der Waals surface area contributed by atoms with Gasteiger partial charge in [-0.2, -0.15) is 0 Å². The third kappa shape index (κ3) is 2.33. The van der Waals surface area contributed by atoms with Gasteiger partial charge >= 0.3 is 6.09 Å². The average molecular weight is 221 g/mol. The fourth-order valence-corrected chi connectivity index (χ4v) is 1.90. The second kappa shape index (κ2) is 4.99. The van der Waals surface area contributed by atoms with E-state index in [0.29, 0.717) is 19.6 Å². The summed E-state index contributed by atoms with van der Waals surface area (Å²) in [6, 6.07) is 9.64. The molecule has 1 fully saturated rings. The van der Waals surface area contributed by atoms with Crippen LogP contribution in [0.3, 0.4) is 0 Å². The van der Waals surface area contributed by atoms with Crippen LogP contribution in [0.1, 0.15) is 5.56 Å². The van der Waals surface area contributed by atoms with Crippen molar-refractivity contribution in [2.75, 3.05) is 19.8 Å². The maximum Gasteiger partial charge on any atom is 0.410 e. The molecule has 86 valence electrons. The first-order chi connectivity index (χ1) is 7.81. The number of carbonyl (C=O) groups is 1. The summed E-state index contributed by atoms with van der Waals surface area (Å²) >= 11 is 0. The second-order valence-corrected chi connectivity index (χ2v) is 3.83. The number of carbonyl (C=O) groups excluding carboxylic acids is 1. The highest BCUT2D eigenvalue weighted by molar-refractivity contribution is 5.69. The fourth-order valence-electron chi connectivity index (χ4n) is 1.90. The van der Waals surface area contributed by atoms with Gasteiger partial charge in [-0.1, -0.05) is 30.3 Å². The molecule has 0 spiro atoms. The zero-order valence-electron chi connectivity index (χ0n) is 9.00. The van der Waals surface area contributed by atoms with Crippen LogP contribution >= 0.6 is 0 Å². The molecule has 4 heteroatoms. The fraction of sp³-hybridized carbons (Fsp3) is 0.417. The number of rotatable bonds is 4. The van der Waals surface area contributed by atoms with E-state index < -0.39 is 0 Å². The van der Waals surface area contributed by atoms with Crippen molar-refractivity contribution in [2.24, 2.45) is 0 Å². The van der Waals surface area contributed by atoms with E-state index in [1.165, 1.54) is 0 Å². The molecule has 1 unspecified atom stereocenters. The molecule has 0 bridgehead atoms. The average Bonchev–Trinajstić information content (AvgIpc) is 2.74. The number of ether oxygens (including phenoxy) is 1. The van der Waals surface area contributed by atoms with E-state index in [0.717, 1.165) is 5.56 Å². The third-order valence-corrected chi connectivity index (χ3v) is 2.76. The number of aliphatic hydroxyl groups excluding tert-OH is 1. The molecule has 1 atom stereocenters. The Labute approximate surface area is 94.4 Å². The van der Waals surface area contributed by atoms with Crippen LogP contribution in [0.15, 0.2) is 30.3 Å². The SMILES string of the molecule is O=C1OCCN1C(CO)Cc1ccccc1. The molecule has 1 saturated heterocycles. The predicted molar refractivity (Wildman–Crippen MR) is 59.1 cm³/mol. The standard InChI is InChI=1S/C12H15NO3/c14-9-11(13-6-7-16-12(13)15)8-10-4-2-1-3-5-10/h1-5,11,14H,6-9H2. The van der Waals surface area contributed by atoms with Crippen LogP contribution in [0.4, 0.5) is 4.79 Å². The molecule has 0 aromatic heterocycles. The number of benzene rings is 1. The zero-order valence-corrected chi connectivity index (χ0v) is 9.00. The van der Waals surface area contributed by atoms with Gasteiger partial charge in [0.05, 0.1) is 19.2 Å². The Kier molecular flexibility index (Phi) is 3.41. The largest absolute Gasteiger partial charge is 0.448 e. The number of aliphatic hydroxyl groups is 1. The van der Waals surface area contributed by atoms with Gasteiger partial charge in [-0.05, 0) is 12.0 Å². The van der Waals surface area contributed by atoms with Crippen LogP contribution < -0.4 is 0 Å². The van der Waals surface area contributed by atoms with Gasteiger partial charge in [0.25, 0.3) is 0 Å². The molecular weight excluding hydrogens is 206 g/mol. The lowest BCUT2D eigenvalue weighted by atomic mass is 10.1. The Morgan fingerprint density at radius 3 is 2.69 bits per heavy atom. The zero-order chi connectivity index (χ0) is 11.4. The molecule has 2 rings (SSSR count). The van der Waals surface area contributed by atoms with Crippen molar-refractivity contribution in [1.82, 2.24) is 4.90 Å². The quantitative estimate of drug-likeness (QED) is 0.826. The van der Waals surface area contributed by atoms with Gasteiger partial charge in [0, 0.05) is 0 Å². The summed E-state index contributed by atoms with van der Waals surface area (Å²) in [5.74, 6) is 0. The molecule has 0 radical (unpaired) electrons. The number of hydrogen-bond donors (Lipinski definition) is 1. The smallest absolute Gasteiger partial charge is 0.410 e. The van der Waals surface area contributed by atoms with Gasteiger partial charge in [-0.3, -0.25) is 4.90 Å². The summed E-state index contributed by atoms with van der Waals surface area (Å²) < 4.78 is 4.86. The number of nitrogens with zero attached hydrogens (tertiary/aromatic N) is 1. The summed E-state index contributed by atoms with van der Waals surface area (Å²) in [4.78, 5) is 12.9. The molecule has 0 saturated carbocycles. The minimum atomic E-state index is -0.324. The van der Waals surface area contributed by atoms with Crippen LogP contribution in [-0.2, 0) is 11.2 Å². The van der Waals surface area contributed by atoms with Gasteiger partial charge in [-0.25, -0.2) is 4.79 Å².